The summed E-state index contributed by atoms with van der Waals surface area (Å²) in [5, 5.41) is 2.86. The number of urea groups is 1. The smallest absolute Gasteiger partial charge is 0.320 e. The van der Waals surface area contributed by atoms with Gasteiger partial charge in [0, 0.05) is 23.8 Å². The van der Waals surface area contributed by atoms with E-state index in [-0.39, 0.29) is 29.4 Å². The van der Waals surface area contributed by atoms with Gasteiger partial charge in [-0.15, -0.1) is 0 Å². The lowest BCUT2D eigenvalue weighted by molar-refractivity contribution is 0.0549. The number of nitrogens with one attached hydrogen (secondary N) is 1. The maximum Gasteiger partial charge on any atom is 0.322 e. The third kappa shape index (κ3) is 3.70. The number of benzene rings is 1. The first-order valence-electron chi connectivity index (χ1n) is 9.84. The Morgan fingerprint density at radius 2 is 1.74 bits per heavy atom. The number of hydrogen-bond acceptors (Lipinski definition) is 3. The fraction of sp³-hybridized carbons (Fsp3) is 0.571. The van der Waals surface area contributed by atoms with Crippen molar-refractivity contribution < 1.29 is 14.4 Å². The molecule has 27 heavy (non-hydrogen) atoms. The zero-order valence-electron chi connectivity index (χ0n) is 16.7. The van der Waals surface area contributed by atoms with E-state index in [2.05, 4.69) is 5.32 Å². The highest BCUT2D eigenvalue weighted by Gasteiger charge is 2.40. The van der Waals surface area contributed by atoms with Gasteiger partial charge in [-0.05, 0) is 58.7 Å². The molecule has 2 aliphatic rings. The van der Waals surface area contributed by atoms with Crippen molar-refractivity contribution in [3.05, 3.63) is 29.3 Å². The standard InChI is InChI=1S/C21H29N3O3/c1-5-23(21(2,3)4)20(27)22-14-11-12-16-17(13-14)19(26)24(18(16)25)15-9-7-6-8-10-15/h11-13,15H,5-10H2,1-4H3,(H,22,27). The van der Waals surface area contributed by atoms with E-state index in [1.165, 1.54) is 4.90 Å². The van der Waals surface area contributed by atoms with E-state index in [1.54, 1.807) is 23.1 Å². The molecule has 3 rings (SSSR count). The Bertz CT molecular complexity index is 760. The monoisotopic (exact) mass is 371 g/mol. The van der Waals surface area contributed by atoms with Gasteiger partial charge >= 0.3 is 6.03 Å². The van der Waals surface area contributed by atoms with Crippen molar-refractivity contribution in [2.75, 3.05) is 11.9 Å². The van der Waals surface area contributed by atoms with Crippen molar-refractivity contribution in [2.45, 2.75) is 71.4 Å². The second-order valence-corrected chi connectivity index (χ2v) is 8.38. The molecule has 6 heteroatoms. The number of hydrogen-bond donors (Lipinski definition) is 1. The van der Waals surface area contributed by atoms with Gasteiger partial charge in [0.25, 0.3) is 11.8 Å². The van der Waals surface area contributed by atoms with Crippen LogP contribution in [0, 0.1) is 0 Å². The molecule has 1 aliphatic carbocycles. The summed E-state index contributed by atoms with van der Waals surface area (Å²) in [5.74, 6) is -0.439. The molecule has 0 aromatic heterocycles. The minimum absolute atomic E-state index is 0.000615. The van der Waals surface area contributed by atoms with Crippen LogP contribution < -0.4 is 5.32 Å². The molecule has 0 unspecified atom stereocenters. The summed E-state index contributed by atoms with van der Waals surface area (Å²) in [4.78, 5) is 41.4. The molecule has 1 heterocycles. The van der Waals surface area contributed by atoms with E-state index in [0.717, 1.165) is 32.1 Å². The molecule has 1 saturated carbocycles. The summed E-state index contributed by atoms with van der Waals surface area (Å²) in [6.07, 6.45) is 5.04. The minimum atomic E-state index is -0.306. The molecule has 4 amide bonds. The predicted molar refractivity (Wildman–Crippen MR) is 105 cm³/mol. The maximum atomic E-state index is 12.9. The third-order valence-corrected chi connectivity index (χ3v) is 5.48. The molecule has 1 aliphatic heterocycles. The first-order valence-corrected chi connectivity index (χ1v) is 9.84. The van der Waals surface area contributed by atoms with E-state index < -0.39 is 0 Å². The van der Waals surface area contributed by atoms with Gasteiger partial charge in [-0.25, -0.2) is 4.79 Å². The average Bonchev–Trinajstić information content (AvgIpc) is 2.85. The Balaban J connectivity index is 1.80. The molecule has 0 saturated heterocycles. The van der Waals surface area contributed by atoms with Crippen LogP contribution in [0.15, 0.2) is 18.2 Å². The Morgan fingerprint density at radius 1 is 1.11 bits per heavy atom. The summed E-state index contributed by atoms with van der Waals surface area (Å²) >= 11 is 0. The van der Waals surface area contributed by atoms with Crippen molar-refractivity contribution in [3.63, 3.8) is 0 Å². The lowest BCUT2D eigenvalue weighted by Crippen LogP contribution is -2.47. The molecular weight excluding hydrogens is 342 g/mol. The minimum Gasteiger partial charge on any atom is -0.320 e. The average molecular weight is 371 g/mol. The molecule has 1 aromatic rings. The molecule has 0 atom stereocenters. The van der Waals surface area contributed by atoms with Crippen LogP contribution in [0.1, 0.15) is 80.5 Å². The summed E-state index contributed by atoms with van der Waals surface area (Å²) in [7, 11) is 0. The molecule has 0 bridgehead atoms. The first kappa shape index (κ1) is 19.4. The zero-order chi connectivity index (χ0) is 19.8. The van der Waals surface area contributed by atoms with Gasteiger partial charge in [-0.1, -0.05) is 19.3 Å². The van der Waals surface area contributed by atoms with Crippen molar-refractivity contribution in [2.24, 2.45) is 0 Å². The SMILES string of the molecule is CCN(C(=O)Nc1ccc2c(c1)C(=O)N(C1CCCCC1)C2=O)C(C)(C)C. The number of imide groups is 1. The van der Waals surface area contributed by atoms with Gasteiger partial charge < -0.3 is 10.2 Å². The summed E-state index contributed by atoms with van der Waals surface area (Å²) in [6.45, 7) is 8.43. The normalized spacial score (nSPS) is 17.9. The lowest BCUT2D eigenvalue weighted by atomic mass is 9.94. The van der Waals surface area contributed by atoms with Crippen LogP contribution in [0.25, 0.3) is 0 Å². The number of carbonyl (C=O) groups excluding carboxylic acids is 3. The highest BCUT2D eigenvalue weighted by Crippen LogP contribution is 2.32. The summed E-state index contributed by atoms with van der Waals surface area (Å²) in [5.41, 5.74) is 1.06. The van der Waals surface area contributed by atoms with Crippen LogP contribution in [0.3, 0.4) is 0 Å². The van der Waals surface area contributed by atoms with Crippen LogP contribution in [0.2, 0.25) is 0 Å². The lowest BCUT2D eigenvalue weighted by Gasteiger charge is -2.34. The first-order chi connectivity index (χ1) is 12.7. The molecule has 146 valence electrons. The number of amides is 4. The van der Waals surface area contributed by atoms with Crippen molar-refractivity contribution in [3.8, 4) is 0 Å². The Kier molecular flexibility index (Phi) is 5.27. The van der Waals surface area contributed by atoms with Crippen molar-refractivity contribution >= 4 is 23.5 Å². The van der Waals surface area contributed by atoms with Crippen LogP contribution >= 0.6 is 0 Å². The maximum absolute atomic E-state index is 12.9. The van der Waals surface area contributed by atoms with Crippen LogP contribution in [0.5, 0.6) is 0 Å². The van der Waals surface area contributed by atoms with E-state index in [4.69, 9.17) is 0 Å². The van der Waals surface area contributed by atoms with Crippen molar-refractivity contribution in [1.29, 1.82) is 0 Å². The predicted octanol–water partition coefficient (Wildman–Crippen LogP) is 4.27. The van der Waals surface area contributed by atoms with Crippen LogP contribution in [-0.2, 0) is 0 Å². The Morgan fingerprint density at radius 3 is 2.33 bits per heavy atom. The number of nitrogens with zero attached hydrogens (tertiary/aromatic N) is 2. The van der Waals surface area contributed by atoms with E-state index >= 15 is 0 Å². The van der Waals surface area contributed by atoms with E-state index in [1.807, 2.05) is 27.7 Å². The Hall–Kier alpha value is -2.37. The molecule has 1 N–H and O–H groups in total. The molecule has 1 fully saturated rings. The fourth-order valence-corrected chi connectivity index (χ4v) is 4.12. The number of fused-ring (bicyclic) bond motifs is 1. The van der Waals surface area contributed by atoms with Gasteiger partial charge in [0.05, 0.1) is 11.1 Å². The van der Waals surface area contributed by atoms with Crippen molar-refractivity contribution in [1.82, 2.24) is 9.80 Å². The van der Waals surface area contributed by atoms with Gasteiger partial charge in [-0.3, -0.25) is 14.5 Å². The van der Waals surface area contributed by atoms with E-state index in [0.29, 0.717) is 23.4 Å². The highest BCUT2D eigenvalue weighted by molar-refractivity contribution is 6.22. The molecule has 1 aromatic carbocycles. The van der Waals surface area contributed by atoms with Crippen LogP contribution in [-0.4, -0.2) is 45.8 Å². The van der Waals surface area contributed by atoms with E-state index in [9.17, 15) is 14.4 Å². The quantitative estimate of drug-likeness (QED) is 0.807. The number of carbonyl (C=O) groups is 3. The molecule has 6 nitrogen and oxygen atoms in total. The van der Waals surface area contributed by atoms with Crippen LogP contribution in [0.4, 0.5) is 10.5 Å². The van der Waals surface area contributed by atoms with Gasteiger partial charge in [0.15, 0.2) is 0 Å². The second-order valence-electron chi connectivity index (χ2n) is 8.38. The fourth-order valence-electron chi connectivity index (χ4n) is 4.12. The largest absolute Gasteiger partial charge is 0.322 e. The van der Waals surface area contributed by atoms with Gasteiger partial charge in [-0.2, -0.15) is 0 Å². The third-order valence-electron chi connectivity index (χ3n) is 5.48. The number of rotatable bonds is 3. The highest BCUT2D eigenvalue weighted by atomic mass is 16.2. The zero-order valence-corrected chi connectivity index (χ0v) is 16.7. The Labute approximate surface area is 160 Å². The summed E-state index contributed by atoms with van der Waals surface area (Å²) < 4.78 is 0. The topological polar surface area (TPSA) is 69.7 Å². The molecule has 0 radical (unpaired) electrons. The molecule has 0 spiro atoms. The molecular formula is C21H29N3O3. The van der Waals surface area contributed by atoms with Gasteiger partial charge in [0.2, 0.25) is 0 Å². The second kappa shape index (κ2) is 7.33. The number of anilines is 1. The summed E-state index contributed by atoms with van der Waals surface area (Å²) in [6, 6.07) is 4.77. The van der Waals surface area contributed by atoms with Gasteiger partial charge in [0.1, 0.15) is 0 Å².